The molecular formula is C50H66N4O13. The monoisotopic (exact) mass is 930 g/mol. The molecule has 2 aromatic rings. The van der Waals surface area contributed by atoms with E-state index in [1.165, 1.54) is 20.3 Å². The van der Waals surface area contributed by atoms with Crippen molar-refractivity contribution in [2.75, 3.05) is 32.1 Å². The number of fused-ring (bicyclic) bond motifs is 9. The lowest BCUT2D eigenvalue weighted by Crippen LogP contribution is -2.56. The van der Waals surface area contributed by atoms with E-state index in [-0.39, 0.29) is 61.5 Å². The molecule has 67 heavy (non-hydrogen) atoms. The van der Waals surface area contributed by atoms with E-state index in [0.717, 1.165) is 6.54 Å². The van der Waals surface area contributed by atoms with Crippen LogP contribution in [0.25, 0.3) is 10.8 Å². The SMILES string of the molecule is CO[C@H]1/C=C/O[C@@]2(C)Oc3c(C)c(O)c4c(O)c(c5c(c4c3C2=O)NC2(CCN(CC(C)C)CC2)N=5)=NC(=O)/C(C)=C\C=C\[C@H](C)[C@@H]2OC(C)(C)O[C@@H]([C@@H](C)[C@H](OC(=O)CC(=O)O)[C@@H]1C)[C@@H]2C. The molecular weight excluding hydrogens is 865 g/mol. The predicted molar refractivity (Wildman–Crippen MR) is 246 cm³/mol. The van der Waals surface area contributed by atoms with Crippen molar-refractivity contribution in [3.05, 3.63) is 58.0 Å². The number of hydrogen-bond donors (Lipinski definition) is 4. The quantitative estimate of drug-likeness (QED) is 0.148. The highest BCUT2D eigenvalue weighted by Crippen LogP contribution is 2.51. The number of aliphatic carboxylic acids is 1. The number of anilines is 1. The first kappa shape index (κ1) is 49.5. The molecule has 6 aliphatic rings. The molecule has 364 valence electrons. The van der Waals surface area contributed by atoms with Crippen molar-refractivity contribution in [2.45, 2.75) is 137 Å². The van der Waals surface area contributed by atoms with Crippen LogP contribution >= 0.6 is 0 Å². The molecule has 0 unspecified atom stereocenters. The van der Waals surface area contributed by atoms with E-state index in [9.17, 15) is 34.5 Å². The van der Waals surface area contributed by atoms with Crippen LogP contribution in [0.5, 0.6) is 17.2 Å². The zero-order valence-electron chi connectivity index (χ0n) is 40.6. The van der Waals surface area contributed by atoms with Gasteiger partial charge in [-0.15, -0.1) is 0 Å². The Morgan fingerprint density at radius 2 is 1.61 bits per heavy atom. The number of Topliss-reactive ketones (excluding diaryl/α,β-unsaturated/α-hetero) is 1. The Balaban J connectivity index is 1.40. The van der Waals surface area contributed by atoms with Crippen LogP contribution in [-0.4, -0.2) is 112 Å². The molecule has 1 amide bonds. The molecule has 0 aliphatic carbocycles. The van der Waals surface area contributed by atoms with Crippen molar-refractivity contribution < 1.29 is 62.9 Å². The lowest BCUT2D eigenvalue weighted by molar-refractivity contribution is -0.336. The number of phenols is 2. The lowest BCUT2D eigenvalue weighted by Gasteiger charge is -2.50. The second-order valence-corrected chi connectivity index (χ2v) is 20.0. The van der Waals surface area contributed by atoms with Crippen molar-refractivity contribution in [3.8, 4) is 17.2 Å². The Kier molecular flexibility index (Phi) is 13.8. The van der Waals surface area contributed by atoms with Gasteiger partial charge < -0.3 is 54.0 Å². The largest absolute Gasteiger partial charge is 0.507 e. The minimum Gasteiger partial charge on any atom is -0.507 e. The maximum atomic E-state index is 14.9. The first-order valence-electron chi connectivity index (χ1n) is 23.2. The standard InChI is InChI=1S/C50H66N4O13/c1-24(2)23-54-19-17-50(18-20-54)52-37-34-35-40(58)28(6)45-36(34)46(60)49(11,67-45)63-21-16-31(62-12)27(5)43(64-33(57)22-32(55)56)30(8)44-29(7)42(65-48(9,10)66-44)25(3)14-13-15-26(4)47(61)51-39(41(35)59)38(37)53-50/h13-16,21,24-25,27,29-31,42-44,52,58-59H,17-20,22-23H2,1-12H3,(H,55,56)/b14-13+,21-16+,26-15-,51-39?/t25-,27+,29+,30-,31-,42-,43+,44+,49-/m0/s1. The number of ketones is 1. The third kappa shape index (κ3) is 9.44. The number of nitrogens with zero attached hydrogens (tertiary/aromatic N) is 3. The Morgan fingerprint density at radius 1 is 0.940 bits per heavy atom. The van der Waals surface area contributed by atoms with E-state index in [2.05, 4.69) is 29.1 Å². The Morgan fingerprint density at radius 3 is 2.25 bits per heavy atom. The van der Waals surface area contributed by atoms with Crippen molar-refractivity contribution in [1.82, 2.24) is 4.90 Å². The van der Waals surface area contributed by atoms with Crippen LogP contribution in [0.3, 0.4) is 0 Å². The summed E-state index contributed by atoms with van der Waals surface area (Å²) in [6.45, 7) is 22.5. The number of amides is 1. The van der Waals surface area contributed by atoms with E-state index < -0.39 is 89.3 Å². The van der Waals surface area contributed by atoms with Gasteiger partial charge in [-0.2, -0.15) is 0 Å². The van der Waals surface area contributed by atoms with E-state index in [1.54, 1.807) is 52.8 Å². The van der Waals surface area contributed by atoms with Crippen LogP contribution in [-0.2, 0) is 38.1 Å². The highest BCUT2D eigenvalue weighted by Gasteiger charge is 2.52. The Labute approximate surface area is 390 Å². The fraction of sp³-hybridized carbons (Fsp3) is 0.600. The van der Waals surface area contributed by atoms with E-state index in [0.29, 0.717) is 37.5 Å². The summed E-state index contributed by atoms with van der Waals surface area (Å²) >= 11 is 0. The summed E-state index contributed by atoms with van der Waals surface area (Å²) in [6, 6.07) is 0. The van der Waals surface area contributed by atoms with Gasteiger partial charge in [-0.25, -0.2) is 4.99 Å². The second-order valence-electron chi connectivity index (χ2n) is 20.0. The number of rotatable bonds is 6. The number of ether oxygens (including phenoxy) is 6. The summed E-state index contributed by atoms with van der Waals surface area (Å²) in [5.74, 6) is -8.74. The molecule has 0 aromatic heterocycles. The average molecular weight is 931 g/mol. The number of benzene rings is 2. The van der Waals surface area contributed by atoms with Crippen LogP contribution in [0, 0.1) is 36.5 Å². The molecule has 0 radical (unpaired) electrons. The Hall–Kier alpha value is -5.36. The molecule has 6 aliphatic heterocycles. The van der Waals surface area contributed by atoms with Gasteiger partial charge in [0.2, 0.25) is 0 Å². The molecule has 2 saturated heterocycles. The molecule has 1 spiro atoms. The zero-order chi connectivity index (χ0) is 49.1. The number of hydrogen-bond acceptors (Lipinski definition) is 15. The molecule has 9 atom stereocenters. The number of aromatic hydroxyl groups is 2. The summed E-state index contributed by atoms with van der Waals surface area (Å²) < 4.78 is 37.5. The number of phenolic OH excluding ortho intramolecular Hbond substituents is 2. The average Bonchev–Trinajstić information content (AvgIpc) is 3.75. The first-order valence-corrected chi connectivity index (χ1v) is 23.2. The van der Waals surface area contributed by atoms with Crippen LogP contribution in [0.15, 0.2) is 46.1 Å². The highest BCUT2D eigenvalue weighted by molar-refractivity contribution is 6.21. The molecule has 4 N–H and O–H groups in total. The maximum Gasteiger partial charge on any atom is 0.317 e. The van der Waals surface area contributed by atoms with Gasteiger partial charge in [-0.3, -0.25) is 24.2 Å². The van der Waals surface area contributed by atoms with Crippen LogP contribution in [0.2, 0.25) is 0 Å². The van der Waals surface area contributed by atoms with Gasteiger partial charge in [-0.05, 0) is 39.7 Å². The normalized spacial score (nSPS) is 32.3. The topological polar surface area (TPSA) is 224 Å². The third-order valence-electron chi connectivity index (χ3n) is 13.9. The van der Waals surface area contributed by atoms with E-state index in [1.807, 2.05) is 26.8 Å². The molecule has 0 saturated carbocycles. The van der Waals surface area contributed by atoms with E-state index in [4.69, 9.17) is 33.4 Å². The smallest absolute Gasteiger partial charge is 0.317 e. The van der Waals surface area contributed by atoms with Crippen molar-refractivity contribution in [1.29, 1.82) is 0 Å². The van der Waals surface area contributed by atoms with Gasteiger partial charge in [0, 0.05) is 86.7 Å². The highest BCUT2D eigenvalue weighted by atomic mass is 16.7. The molecule has 2 fully saturated rings. The van der Waals surface area contributed by atoms with Gasteiger partial charge in [0.1, 0.15) is 40.4 Å². The fourth-order valence-corrected chi connectivity index (χ4v) is 10.4. The summed E-state index contributed by atoms with van der Waals surface area (Å²) in [4.78, 5) is 65.7. The van der Waals surface area contributed by atoms with E-state index >= 15 is 0 Å². The summed E-state index contributed by atoms with van der Waals surface area (Å²) in [6.07, 6.45) is 5.62. The fourth-order valence-electron chi connectivity index (χ4n) is 10.4. The van der Waals surface area contributed by atoms with Gasteiger partial charge in [0.15, 0.2) is 11.5 Å². The predicted octanol–water partition coefficient (Wildman–Crippen LogP) is 6.00. The summed E-state index contributed by atoms with van der Waals surface area (Å²) in [5.41, 5.74) is -0.120. The number of carboxylic acids is 1. The van der Waals surface area contributed by atoms with Crippen LogP contribution < -0.4 is 20.8 Å². The maximum absolute atomic E-state index is 14.9. The number of carbonyl (C=O) groups is 4. The van der Waals surface area contributed by atoms with Gasteiger partial charge >= 0.3 is 17.7 Å². The van der Waals surface area contributed by atoms with Crippen LogP contribution in [0.1, 0.15) is 104 Å². The summed E-state index contributed by atoms with van der Waals surface area (Å²) in [5, 5.41) is 37.3. The molecule has 2 aromatic carbocycles. The second kappa shape index (κ2) is 18.6. The number of piperidine rings is 1. The molecule has 17 nitrogen and oxygen atoms in total. The number of carbonyl (C=O) groups excluding carboxylic acids is 3. The minimum atomic E-state index is -1.99. The zero-order valence-corrected chi connectivity index (χ0v) is 40.6. The number of methoxy groups -OCH3 is 1. The Bertz CT molecular complexity index is 2560. The number of likely N-dealkylation sites (tertiary alicyclic amines) is 1. The lowest BCUT2D eigenvalue weighted by atomic mass is 9.77. The van der Waals surface area contributed by atoms with Gasteiger partial charge in [-0.1, -0.05) is 59.8 Å². The number of allylic oxidation sites excluding steroid dienone is 2. The molecule has 8 rings (SSSR count). The molecule has 17 heteroatoms. The number of nitrogens with one attached hydrogen (secondary N) is 1. The minimum absolute atomic E-state index is 0.0371. The third-order valence-corrected chi connectivity index (χ3v) is 13.9. The first-order chi connectivity index (χ1) is 31.4. The van der Waals surface area contributed by atoms with Crippen molar-refractivity contribution in [3.63, 3.8) is 0 Å². The molecule has 6 heterocycles. The van der Waals surface area contributed by atoms with Gasteiger partial charge in [0.25, 0.3) is 11.7 Å². The van der Waals surface area contributed by atoms with Crippen molar-refractivity contribution >= 4 is 40.1 Å². The van der Waals surface area contributed by atoms with Crippen molar-refractivity contribution in [2.24, 2.45) is 39.6 Å². The molecule has 7 bridgehead atoms. The number of carboxylic acid groups (broad SMARTS) is 1. The van der Waals surface area contributed by atoms with Gasteiger partial charge in [0.05, 0.1) is 41.2 Å². The van der Waals surface area contributed by atoms with Crippen LogP contribution in [0.4, 0.5) is 5.69 Å². The summed E-state index contributed by atoms with van der Waals surface area (Å²) in [7, 11) is 1.46. The number of esters is 1.